The van der Waals surface area contributed by atoms with Crippen LogP contribution in [0.5, 0.6) is 23.0 Å². The summed E-state index contributed by atoms with van der Waals surface area (Å²) in [5.41, 5.74) is 2.46. The number of halogens is 1. The van der Waals surface area contributed by atoms with Crippen molar-refractivity contribution in [2.45, 2.75) is 38.1 Å². The van der Waals surface area contributed by atoms with E-state index in [1.54, 1.807) is 31.5 Å². The number of methoxy groups -OCH3 is 1. The molecule has 0 atom stereocenters. The summed E-state index contributed by atoms with van der Waals surface area (Å²) in [6.45, 7) is 3.67. The highest BCUT2D eigenvalue weighted by atomic mass is 19.1. The molecule has 0 saturated heterocycles. The van der Waals surface area contributed by atoms with E-state index in [0.29, 0.717) is 34.8 Å². The van der Waals surface area contributed by atoms with Gasteiger partial charge in [0.2, 0.25) is 0 Å². The molecule has 4 aromatic rings. The zero-order valence-corrected chi connectivity index (χ0v) is 20.4. The van der Waals surface area contributed by atoms with Crippen molar-refractivity contribution >= 4 is 21.8 Å². The lowest BCUT2D eigenvalue weighted by molar-refractivity contribution is 0.135. The molecule has 0 bridgehead atoms. The van der Waals surface area contributed by atoms with Crippen molar-refractivity contribution in [3.05, 3.63) is 54.1 Å². The Morgan fingerprint density at radius 1 is 1.06 bits per heavy atom. The van der Waals surface area contributed by atoms with Crippen LogP contribution in [-0.2, 0) is 0 Å². The molecule has 6 rings (SSSR count). The van der Waals surface area contributed by atoms with Crippen LogP contribution in [0.15, 0.2) is 42.6 Å². The summed E-state index contributed by atoms with van der Waals surface area (Å²) < 4.78 is 33.1. The van der Waals surface area contributed by atoms with Crippen LogP contribution in [0.4, 0.5) is 4.39 Å². The van der Waals surface area contributed by atoms with Crippen LogP contribution >= 0.6 is 0 Å². The molecule has 1 N–H and O–H groups in total. The maximum Gasteiger partial charge on any atom is 0.175 e. The third-order valence-electron chi connectivity index (χ3n) is 7.41. The molecule has 0 radical (unpaired) electrons. The van der Waals surface area contributed by atoms with Crippen LogP contribution in [0.25, 0.3) is 21.8 Å². The predicted molar refractivity (Wildman–Crippen MR) is 134 cm³/mol. The second kappa shape index (κ2) is 8.41. The van der Waals surface area contributed by atoms with E-state index in [-0.39, 0.29) is 11.3 Å². The number of H-pyrrole nitrogens is 1. The highest BCUT2D eigenvalue weighted by molar-refractivity contribution is 5.89. The second-order valence-corrected chi connectivity index (χ2v) is 10.1. The number of fused-ring (bicyclic) bond motifs is 2. The van der Waals surface area contributed by atoms with Crippen molar-refractivity contribution in [2.24, 2.45) is 5.92 Å². The number of hydrogen-bond donors (Lipinski definition) is 1. The molecule has 2 saturated carbocycles. The molecule has 0 amide bonds. The van der Waals surface area contributed by atoms with E-state index in [4.69, 9.17) is 14.2 Å². The van der Waals surface area contributed by atoms with Gasteiger partial charge in [0.15, 0.2) is 23.1 Å². The van der Waals surface area contributed by atoms with Gasteiger partial charge in [0, 0.05) is 40.8 Å². The molecule has 0 spiro atoms. The van der Waals surface area contributed by atoms with Crippen LogP contribution in [0.2, 0.25) is 0 Å². The number of hydrogen-bond acceptors (Lipinski definition) is 5. The molecule has 0 unspecified atom stereocenters. The number of likely N-dealkylation sites (N-methyl/N-ethyl adjacent to an activating group) is 1. The second-order valence-electron chi connectivity index (χ2n) is 10.1. The molecule has 6 nitrogen and oxygen atoms in total. The van der Waals surface area contributed by atoms with Crippen LogP contribution in [0, 0.1) is 18.7 Å². The summed E-state index contributed by atoms with van der Waals surface area (Å²) in [4.78, 5) is 10.1. The molecule has 2 aliphatic carbocycles. The van der Waals surface area contributed by atoms with E-state index in [1.165, 1.54) is 12.8 Å². The molecule has 7 heteroatoms. The van der Waals surface area contributed by atoms with Crippen LogP contribution < -0.4 is 14.2 Å². The highest BCUT2D eigenvalue weighted by Gasteiger charge is 2.48. The first-order valence-electron chi connectivity index (χ1n) is 12.2. The molecule has 2 heterocycles. The number of aromatic nitrogens is 2. The van der Waals surface area contributed by atoms with Gasteiger partial charge in [-0.2, -0.15) is 0 Å². The average molecular weight is 476 g/mol. The fourth-order valence-electron chi connectivity index (χ4n) is 4.85. The van der Waals surface area contributed by atoms with Crippen molar-refractivity contribution in [1.29, 1.82) is 0 Å². The zero-order valence-electron chi connectivity index (χ0n) is 20.4. The Hall–Kier alpha value is -3.32. The van der Waals surface area contributed by atoms with Gasteiger partial charge in [-0.05, 0) is 75.9 Å². The highest BCUT2D eigenvalue weighted by Crippen LogP contribution is 2.45. The maximum absolute atomic E-state index is 15.1. The molecule has 2 aromatic heterocycles. The molecule has 0 aliphatic heterocycles. The van der Waals surface area contributed by atoms with Gasteiger partial charge in [-0.3, -0.25) is 9.88 Å². The third-order valence-corrected chi connectivity index (χ3v) is 7.41. The summed E-state index contributed by atoms with van der Waals surface area (Å²) >= 11 is 0. The van der Waals surface area contributed by atoms with Gasteiger partial charge in [0.1, 0.15) is 12.4 Å². The van der Waals surface area contributed by atoms with Gasteiger partial charge in [-0.15, -0.1) is 0 Å². The number of aromatic amines is 1. The summed E-state index contributed by atoms with van der Waals surface area (Å²) in [6, 6.07) is 10.7. The number of benzene rings is 2. The molecule has 2 aromatic carbocycles. The molecule has 35 heavy (non-hydrogen) atoms. The molecular weight excluding hydrogens is 445 g/mol. The number of aryl methyl sites for hydroxylation is 1. The van der Waals surface area contributed by atoms with Gasteiger partial charge in [-0.25, -0.2) is 4.39 Å². The van der Waals surface area contributed by atoms with E-state index in [1.807, 2.05) is 25.1 Å². The van der Waals surface area contributed by atoms with Crippen LogP contribution in [0.1, 0.15) is 31.4 Å². The average Bonchev–Trinajstić information content (AvgIpc) is 3.78. The van der Waals surface area contributed by atoms with Gasteiger partial charge >= 0.3 is 0 Å². The lowest BCUT2D eigenvalue weighted by atomic mass is 10.1. The van der Waals surface area contributed by atoms with E-state index < -0.39 is 5.82 Å². The van der Waals surface area contributed by atoms with Crippen molar-refractivity contribution in [2.75, 3.05) is 27.3 Å². The molecule has 2 aliphatic rings. The number of ether oxygens (including phenoxy) is 3. The first-order valence-corrected chi connectivity index (χ1v) is 12.2. The lowest BCUT2D eigenvalue weighted by Gasteiger charge is -2.28. The van der Waals surface area contributed by atoms with Crippen molar-refractivity contribution in [1.82, 2.24) is 14.9 Å². The SMILES string of the molecule is COc1cc2c(Oc3ccc4[nH]c(C)cc4c3F)ccnc2cc1OCC1(N(C)CC2CC2)CC1. The Morgan fingerprint density at radius 3 is 2.63 bits per heavy atom. The minimum Gasteiger partial charge on any atom is -0.493 e. The Morgan fingerprint density at radius 2 is 1.89 bits per heavy atom. The van der Waals surface area contributed by atoms with Crippen molar-refractivity contribution < 1.29 is 18.6 Å². The zero-order chi connectivity index (χ0) is 24.2. The summed E-state index contributed by atoms with van der Waals surface area (Å²) in [5, 5.41) is 1.24. The standard InChI is InChI=1S/C28H30FN3O3/c1-17-12-20-21(31-17)6-7-24(27(20)29)35-23-8-11-30-22-14-26(25(33-3)13-19(22)23)34-16-28(9-10-28)32(2)15-18-4-5-18/h6-8,11-14,18,31H,4-5,9-10,15-16H2,1-3H3. The van der Waals surface area contributed by atoms with E-state index in [2.05, 4.69) is 21.9 Å². The first kappa shape index (κ1) is 22.2. The Bertz CT molecular complexity index is 1410. The maximum atomic E-state index is 15.1. The Labute approximate surface area is 204 Å². The first-order chi connectivity index (χ1) is 17.0. The topological polar surface area (TPSA) is 59.6 Å². The van der Waals surface area contributed by atoms with Gasteiger partial charge in [0.05, 0.1) is 18.2 Å². The van der Waals surface area contributed by atoms with Crippen LogP contribution in [-0.4, -0.2) is 47.7 Å². The van der Waals surface area contributed by atoms with Gasteiger partial charge in [0.25, 0.3) is 0 Å². The number of rotatable bonds is 9. The Balaban J connectivity index is 1.27. The number of nitrogens with one attached hydrogen (secondary N) is 1. The monoisotopic (exact) mass is 475 g/mol. The van der Waals surface area contributed by atoms with Crippen molar-refractivity contribution in [3.63, 3.8) is 0 Å². The minimum absolute atomic E-state index is 0.119. The predicted octanol–water partition coefficient (Wildman–Crippen LogP) is 6.22. The molecular formula is C28H30FN3O3. The summed E-state index contributed by atoms with van der Waals surface area (Å²) in [6.07, 6.45) is 6.66. The Kier molecular flexibility index (Phi) is 5.33. The van der Waals surface area contributed by atoms with Crippen molar-refractivity contribution in [3.8, 4) is 23.0 Å². The van der Waals surface area contributed by atoms with E-state index in [9.17, 15) is 0 Å². The third kappa shape index (κ3) is 4.18. The number of nitrogens with zero attached hydrogens (tertiary/aromatic N) is 2. The summed E-state index contributed by atoms with van der Waals surface area (Å²) in [5.74, 6) is 2.39. The molecule has 2 fully saturated rings. The smallest absolute Gasteiger partial charge is 0.175 e. The van der Waals surface area contributed by atoms with E-state index in [0.717, 1.165) is 41.9 Å². The number of pyridine rings is 1. The van der Waals surface area contributed by atoms with Gasteiger partial charge < -0.3 is 19.2 Å². The van der Waals surface area contributed by atoms with E-state index >= 15 is 4.39 Å². The minimum atomic E-state index is -0.395. The van der Waals surface area contributed by atoms with Crippen LogP contribution in [0.3, 0.4) is 0 Å². The van der Waals surface area contributed by atoms with Gasteiger partial charge in [-0.1, -0.05) is 0 Å². The fourth-order valence-corrected chi connectivity index (χ4v) is 4.85. The quantitative estimate of drug-likeness (QED) is 0.312. The fraction of sp³-hybridized carbons (Fsp3) is 0.393. The largest absolute Gasteiger partial charge is 0.493 e. The normalized spacial score (nSPS) is 16.7. The molecule has 182 valence electrons. The lowest BCUT2D eigenvalue weighted by Crippen LogP contribution is -2.40. The summed E-state index contributed by atoms with van der Waals surface area (Å²) in [7, 11) is 3.83.